The van der Waals surface area contributed by atoms with Gasteiger partial charge in [0.25, 0.3) is 11.5 Å². The quantitative estimate of drug-likeness (QED) is 0.694. The summed E-state index contributed by atoms with van der Waals surface area (Å²) in [5.74, 6) is -0.402. The van der Waals surface area contributed by atoms with Crippen LogP contribution in [0.2, 0.25) is 0 Å². The topological polar surface area (TPSA) is 66.7 Å². The number of hydrogen-bond donors (Lipinski definition) is 1. The lowest BCUT2D eigenvalue weighted by Crippen LogP contribution is -2.31. The number of benzene rings is 1. The number of carbonyl (C=O) groups excluding carboxylic acids is 1. The maximum absolute atomic E-state index is 12.5. The van der Waals surface area contributed by atoms with Gasteiger partial charge >= 0.3 is 0 Å². The van der Waals surface area contributed by atoms with E-state index in [0.29, 0.717) is 11.5 Å². The number of aromatic nitrogens is 2. The minimum Gasteiger partial charge on any atom is -0.348 e. The van der Waals surface area contributed by atoms with Crippen LogP contribution in [0.25, 0.3) is 4.96 Å². The second-order valence-corrected chi connectivity index (χ2v) is 6.82. The molecule has 0 atom stereocenters. The highest BCUT2D eigenvalue weighted by Crippen LogP contribution is 2.12. The minimum atomic E-state index is -0.402. The lowest BCUT2D eigenvalue weighted by Gasteiger charge is -2.20. The molecule has 0 fully saturated rings. The number of amides is 1. The Hall–Kier alpha value is -2.51. The summed E-state index contributed by atoms with van der Waals surface area (Å²) >= 11 is 1.36. The highest BCUT2D eigenvalue weighted by Gasteiger charge is 2.14. The van der Waals surface area contributed by atoms with Crippen LogP contribution < -0.4 is 10.9 Å². The van der Waals surface area contributed by atoms with Gasteiger partial charge in [0.15, 0.2) is 4.96 Å². The molecule has 2 heterocycles. The monoisotopic (exact) mass is 370 g/mol. The van der Waals surface area contributed by atoms with Gasteiger partial charge in [-0.15, -0.1) is 11.3 Å². The SMILES string of the molecule is CCN(CC)Cc1ccccc1CNC(=O)c1cnc2sccn2c1=O. The first-order valence-electron chi connectivity index (χ1n) is 8.66. The molecule has 0 aliphatic heterocycles. The Kier molecular flexibility index (Phi) is 5.80. The molecule has 0 spiro atoms. The van der Waals surface area contributed by atoms with E-state index in [4.69, 9.17) is 0 Å². The summed E-state index contributed by atoms with van der Waals surface area (Å²) in [4.78, 5) is 31.9. The van der Waals surface area contributed by atoms with Crippen LogP contribution in [-0.2, 0) is 13.1 Å². The van der Waals surface area contributed by atoms with Crippen molar-refractivity contribution >= 4 is 22.2 Å². The molecule has 3 rings (SSSR count). The number of rotatable bonds is 7. The largest absolute Gasteiger partial charge is 0.348 e. The van der Waals surface area contributed by atoms with E-state index >= 15 is 0 Å². The molecule has 6 nitrogen and oxygen atoms in total. The molecule has 0 unspecified atom stereocenters. The fourth-order valence-corrected chi connectivity index (χ4v) is 3.50. The van der Waals surface area contributed by atoms with Crippen LogP contribution >= 0.6 is 11.3 Å². The van der Waals surface area contributed by atoms with Crippen LogP contribution in [0.15, 0.2) is 46.8 Å². The normalized spacial score (nSPS) is 11.2. The van der Waals surface area contributed by atoms with Crippen molar-refractivity contribution in [1.29, 1.82) is 0 Å². The van der Waals surface area contributed by atoms with Gasteiger partial charge in [-0.2, -0.15) is 0 Å². The average Bonchev–Trinajstić information content (AvgIpc) is 3.15. The van der Waals surface area contributed by atoms with Crippen molar-refractivity contribution < 1.29 is 4.79 Å². The molecule has 0 aliphatic rings. The summed E-state index contributed by atoms with van der Waals surface area (Å²) in [7, 11) is 0. The van der Waals surface area contributed by atoms with Gasteiger partial charge in [-0.1, -0.05) is 38.1 Å². The van der Waals surface area contributed by atoms with Crippen molar-refractivity contribution in [3.63, 3.8) is 0 Å². The zero-order valence-corrected chi connectivity index (χ0v) is 15.8. The molecule has 1 N–H and O–H groups in total. The van der Waals surface area contributed by atoms with Crippen molar-refractivity contribution in [2.24, 2.45) is 0 Å². The second kappa shape index (κ2) is 8.25. The first-order valence-corrected chi connectivity index (χ1v) is 9.54. The van der Waals surface area contributed by atoms with Crippen LogP contribution in [0.3, 0.4) is 0 Å². The number of hydrogen-bond acceptors (Lipinski definition) is 5. The van der Waals surface area contributed by atoms with E-state index < -0.39 is 5.91 Å². The molecule has 0 bridgehead atoms. The van der Waals surface area contributed by atoms with Crippen LogP contribution in [0, 0.1) is 0 Å². The molecule has 3 aromatic rings. The molecular formula is C19H22N4O2S. The molecule has 26 heavy (non-hydrogen) atoms. The fourth-order valence-electron chi connectivity index (χ4n) is 2.82. The summed E-state index contributed by atoms with van der Waals surface area (Å²) in [5, 5.41) is 4.63. The molecule has 7 heteroatoms. The maximum atomic E-state index is 12.5. The summed E-state index contributed by atoms with van der Waals surface area (Å²) in [6, 6.07) is 8.05. The lowest BCUT2D eigenvalue weighted by molar-refractivity contribution is 0.0948. The van der Waals surface area contributed by atoms with Crippen LogP contribution in [0.5, 0.6) is 0 Å². The molecule has 1 amide bonds. The standard InChI is InChI=1S/C19H22N4O2S/c1-3-22(4-2)13-15-8-6-5-7-14(15)11-20-17(24)16-12-21-19-23(18(16)25)9-10-26-19/h5-10,12H,3-4,11,13H2,1-2H3,(H,20,24). The van der Waals surface area contributed by atoms with Gasteiger partial charge in [-0.05, 0) is 24.2 Å². The zero-order valence-electron chi connectivity index (χ0n) is 14.9. The van der Waals surface area contributed by atoms with E-state index in [9.17, 15) is 9.59 Å². The number of nitrogens with one attached hydrogen (secondary N) is 1. The molecule has 0 aliphatic carbocycles. The van der Waals surface area contributed by atoms with E-state index in [-0.39, 0.29) is 11.1 Å². The van der Waals surface area contributed by atoms with Gasteiger partial charge in [0.2, 0.25) is 0 Å². The number of thiazole rings is 1. The third-order valence-corrected chi connectivity index (χ3v) is 5.20. The van der Waals surface area contributed by atoms with Gasteiger partial charge in [-0.25, -0.2) is 4.98 Å². The van der Waals surface area contributed by atoms with E-state index in [2.05, 4.69) is 35.1 Å². The molecule has 136 valence electrons. The van der Waals surface area contributed by atoms with Gasteiger partial charge in [0.1, 0.15) is 5.56 Å². The predicted octanol–water partition coefficient (Wildman–Crippen LogP) is 2.53. The smallest absolute Gasteiger partial charge is 0.271 e. The maximum Gasteiger partial charge on any atom is 0.271 e. The zero-order chi connectivity index (χ0) is 18.5. The van der Waals surface area contributed by atoms with Crippen molar-refractivity contribution in [2.75, 3.05) is 13.1 Å². The van der Waals surface area contributed by atoms with Gasteiger partial charge < -0.3 is 5.32 Å². The summed E-state index contributed by atoms with van der Waals surface area (Å²) in [6.45, 7) is 7.43. The third-order valence-electron chi connectivity index (χ3n) is 4.43. The van der Waals surface area contributed by atoms with E-state index in [1.54, 1.807) is 11.6 Å². The Labute approximate surface area is 156 Å². The molecule has 0 saturated carbocycles. The highest BCUT2D eigenvalue weighted by atomic mass is 32.1. The first-order chi connectivity index (χ1) is 12.6. The Bertz CT molecular complexity index is 959. The fraction of sp³-hybridized carbons (Fsp3) is 0.316. The van der Waals surface area contributed by atoms with Crippen LogP contribution in [-0.4, -0.2) is 33.3 Å². The van der Waals surface area contributed by atoms with Crippen LogP contribution in [0.1, 0.15) is 35.3 Å². The number of fused-ring (bicyclic) bond motifs is 1. The molecule has 0 radical (unpaired) electrons. The van der Waals surface area contributed by atoms with Gasteiger partial charge in [0.05, 0.1) is 0 Å². The van der Waals surface area contributed by atoms with Crippen molar-refractivity contribution in [3.05, 3.63) is 69.1 Å². The van der Waals surface area contributed by atoms with Crippen molar-refractivity contribution in [2.45, 2.75) is 26.9 Å². The summed E-state index contributed by atoms with van der Waals surface area (Å²) < 4.78 is 1.40. The van der Waals surface area contributed by atoms with E-state index in [1.807, 2.05) is 18.2 Å². The highest BCUT2D eigenvalue weighted by molar-refractivity contribution is 7.15. The Balaban J connectivity index is 1.75. The van der Waals surface area contributed by atoms with Gasteiger partial charge in [0, 0.05) is 30.9 Å². The Morgan fingerprint density at radius 1 is 1.23 bits per heavy atom. The number of carbonyl (C=O) groups is 1. The van der Waals surface area contributed by atoms with Gasteiger partial charge in [-0.3, -0.25) is 18.9 Å². The lowest BCUT2D eigenvalue weighted by atomic mass is 10.1. The van der Waals surface area contributed by atoms with Crippen molar-refractivity contribution in [3.8, 4) is 0 Å². The van der Waals surface area contributed by atoms with Crippen molar-refractivity contribution in [1.82, 2.24) is 19.6 Å². The number of nitrogens with zero attached hydrogens (tertiary/aromatic N) is 3. The molecular weight excluding hydrogens is 348 g/mol. The van der Waals surface area contributed by atoms with E-state index in [1.165, 1.54) is 27.5 Å². The van der Waals surface area contributed by atoms with Crippen LogP contribution in [0.4, 0.5) is 0 Å². The first kappa shape index (κ1) is 18.3. The Morgan fingerprint density at radius 3 is 2.69 bits per heavy atom. The average molecular weight is 370 g/mol. The molecule has 1 aromatic carbocycles. The minimum absolute atomic E-state index is 0.0575. The second-order valence-electron chi connectivity index (χ2n) is 5.95. The Morgan fingerprint density at radius 2 is 1.96 bits per heavy atom. The van der Waals surface area contributed by atoms with E-state index in [0.717, 1.165) is 25.2 Å². The third kappa shape index (κ3) is 3.84. The predicted molar refractivity (Wildman–Crippen MR) is 104 cm³/mol. The molecule has 2 aromatic heterocycles. The molecule has 0 saturated heterocycles. The summed E-state index contributed by atoms with van der Waals surface area (Å²) in [6.07, 6.45) is 2.98. The summed E-state index contributed by atoms with van der Waals surface area (Å²) in [5.41, 5.74) is 1.95.